The molecule has 458 valence electrons. The summed E-state index contributed by atoms with van der Waals surface area (Å²) in [6.07, 6.45) is 0. The van der Waals surface area contributed by atoms with Gasteiger partial charge in [-0.05, 0) is 151 Å². The van der Waals surface area contributed by atoms with Gasteiger partial charge in [-0.15, -0.1) is 0 Å². The molecule has 15 aromatic carbocycles. The fourth-order valence-electron chi connectivity index (χ4n) is 14.4. The Bertz CT molecular complexity index is 5880. The lowest BCUT2D eigenvalue weighted by atomic mass is 9.94. The van der Waals surface area contributed by atoms with E-state index in [1.54, 1.807) is 0 Å². The highest BCUT2D eigenvalue weighted by atomic mass is 15.0. The van der Waals surface area contributed by atoms with E-state index in [1.807, 2.05) is 18.2 Å². The molecule has 18 rings (SSSR count). The molecular weight excluding hydrogens is 1190 g/mol. The summed E-state index contributed by atoms with van der Waals surface area (Å²) in [4.78, 5) is 16.5. The number of para-hydroxylation sites is 2. The zero-order valence-electron chi connectivity index (χ0n) is 53.5. The topological polar surface area (TPSA) is 48.5 Å². The van der Waals surface area contributed by atoms with Crippen LogP contribution in [0, 0.1) is 0 Å². The molecule has 0 amide bonds. The lowest BCUT2D eigenvalue weighted by molar-refractivity contribution is 1.07. The van der Waals surface area contributed by atoms with Crippen molar-refractivity contribution in [2.45, 2.75) is 0 Å². The Balaban J connectivity index is 0.849. The summed E-state index contributed by atoms with van der Waals surface area (Å²) in [7, 11) is 0. The number of rotatable bonds is 13. The van der Waals surface area contributed by atoms with Gasteiger partial charge >= 0.3 is 0 Å². The molecule has 0 saturated heterocycles. The molecule has 0 unspecified atom stereocenters. The van der Waals surface area contributed by atoms with Crippen LogP contribution in [0.2, 0.25) is 0 Å². The van der Waals surface area contributed by atoms with Gasteiger partial charge in [0.15, 0.2) is 17.5 Å². The lowest BCUT2D eigenvalue weighted by Crippen LogP contribution is -2.03. The summed E-state index contributed by atoms with van der Waals surface area (Å²) in [5, 5.41) is 4.67. The van der Waals surface area contributed by atoms with E-state index in [1.165, 1.54) is 33.0 Å². The maximum atomic E-state index is 5.62. The van der Waals surface area contributed by atoms with E-state index < -0.39 is 0 Å². The van der Waals surface area contributed by atoms with Crippen molar-refractivity contribution in [3.63, 3.8) is 0 Å². The van der Waals surface area contributed by atoms with E-state index in [9.17, 15) is 0 Å². The summed E-state index contributed by atoms with van der Waals surface area (Å²) in [6.45, 7) is 0. The first kappa shape index (κ1) is 57.6. The summed E-state index contributed by atoms with van der Waals surface area (Å²) in [6, 6.07) is 133. The molecule has 0 aliphatic carbocycles. The van der Waals surface area contributed by atoms with Crippen LogP contribution >= 0.6 is 0 Å². The molecule has 0 radical (unpaired) electrons. The summed E-state index contributed by atoms with van der Waals surface area (Å²) in [5.41, 5.74) is 27.2. The molecular formula is C93H61N5. The zero-order valence-corrected chi connectivity index (χ0v) is 53.5. The van der Waals surface area contributed by atoms with Crippen molar-refractivity contribution in [1.82, 2.24) is 24.1 Å². The van der Waals surface area contributed by atoms with Crippen LogP contribution in [0.15, 0.2) is 370 Å². The van der Waals surface area contributed by atoms with E-state index in [2.05, 4.69) is 361 Å². The van der Waals surface area contributed by atoms with Gasteiger partial charge in [-0.25, -0.2) is 15.0 Å². The highest BCUT2D eigenvalue weighted by molar-refractivity contribution is 6.13. The number of hydrogen-bond donors (Lipinski definition) is 0. The maximum absolute atomic E-state index is 5.62. The van der Waals surface area contributed by atoms with Crippen LogP contribution in [-0.4, -0.2) is 24.1 Å². The second-order valence-electron chi connectivity index (χ2n) is 25.1. The molecule has 18 aromatic rings. The fourth-order valence-corrected chi connectivity index (χ4v) is 14.4. The van der Waals surface area contributed by atoms with Crippen molar-refractivity contribution in [2.75, 3.05) is 0 Å². The van der Waals surface area contributed by atoms with Crippen LogP contribution in [0.3, 0.4) is 0 Å². The van der Waals surface area contributed by atoms with E-state index in [0.29, 0.717) is 17.5 Å². The van der Waals surface area contributed by atoms with Crippen LogP contribution in [0.4, 0.5) is 0 Å². The van der Waals surface area contributed by atoms with Crippen molar-refractivity contribution < 1.29 is 0 Å². The van der Waals surface area contributed by atoms with E-state index in [-0.39, 0.29) is 0 Å². The summed E-state index contributed by atoms with van der Waals surface area (Å²) < 4.78 is 4.88. The molecule has 0 saturated carbocycles. The fraction of sp³-hybridized carbons (Fsp3) is 0. The van der Waals surface area contributed by atoms with Gasteiger partial charge in [0.2, 0.25) is 0 Å². The van der Waals surface area contributed by atoms with Crippen molar-refractivity contribution in [1.29, 1.82) is 0 Å². The molecule has 0 aliphatic heterocycles. The van der Waals surface area contributed by atoms with Gasteiger partial charge in [0.25, 0.3) is 0 Å². The second-order valence-corrected chi connectivity index (χ2v) is 25.1. The molecule has 0 aliphatic rings. The van der Waals surface area contributed by atoms with Gasteiger partial charge in [0.1, 0.15) is 0 Å². The van der Waals surface area contributed by atoms with Crippen LogP contribution in [0.25, 0.3) is 178 Å². The van der Waals surface area contributed by atoms with Crippen molar-refractivity contribution in [2.24, 2.45) is 0 Å². The van der Waals surface area contributed by atoms with E-state index in [0.717, 1.165) is 128 Å². The largest absolute Gasteiger partial charge is 0.309 e. The maximum Gasteiger partial charge on any atom is 0.164 e. The Morgan fingerprint density at radius 2 is 0.408 bits per heavy atom. The second kappa shape index (κ2) is 24.7. The third-order valence-corrected chi connectivity index (χ3v) is 19.2. The van der Waals surface area contributed by atoms with Gasteiger partial charge in [0.05, 0.1) is 33.4 Å². The van der Waals surface area contributed by atoms with E-state index >= 15 is 0 Å². The quantitative estimate of drug-likeness (QED) is 0.116. The first-order chi connectivity index (χ1) is 48.6. The first-order valence-corrected chi connectivity index (χ1v) is 33.4. The normalized spacial score (nSPS) is 11.5. The number of aromatic nitrogens is 5. The highest BCUT2D eigenvalue weighted by Crippen LogP contribution is 2.44. The van der Waals surface area contributed by atoms with Crippen LogP contribution in [0.5, 0.6) is 0 Å². The number of fused-ring (bicyclic) bond motifs is 6. The molecule has 0 spiro atoms. The third kappa shape index (κ3) is 10.6. The monoisotopic (exact) mass is 1250 g/mol. The standard InChI is InChI=1S/C93H61N5/c1-6-24-62(25-7-1)67-34-20-36-69(54-67)71-38-22-40-75(56-71)79-50-46-77(60-89(79)97-85-44-18-16-42-81(85)82-43-17-19-45-86(82)97)92-94-91(66-32-14-5-15-33-66)95-93(96-92)78-47-51-80(76-41-23-39-72(57-76)70-37-21-35-68(55-70)63-26-8-2-9-27-63)90(61-78)98-87-52-48-73(64-28-10-3-11-29-64)58-83(87)84-59-74(49-53-88(84)98)65-30-12-4-13-31-65/h1-61H. The number of hydrogen-bond acceptors (Lipinski definition) is 3. The smallest absolute Gasteiger partial charge is 0.164 e. The Morgan fingerprint density at radius 1 is 0.153 bits per heavy atom. The predicted octanol–water partition coefficient (Wildman–Crippen LogP) is 24.4. The lowest BCUT2D eigenvalue weighted by Gasteiger charge is -2.18. The zero-order chi connectivity index (χ0) is 64.9. The van der Waals surface area contributed by atoms with Crippen molar-refractivity contribution >= 4 is 43.6 Å². The Kier molecular flexibility index (Phi) is 14.5. The van der Waals surface area contributed by atoms with E-state index in [4.69, 9.17) is 15.0 Å². The van der Waals surface area contributed by atoms with Gasteiger partial charge in [-0.3, -0.25) is 0 Å². The average Bonchev–Trinajstić information content (AvgIpc) is 1.58. The average molecular weight is 1250 g/mol. The molecule has 0 atom stereocenters. The van der Waals surface area contributed by atoms with Crippen LogP contribution in [0.1, 0.15) is 0 Å². The summed E-state index contributed by atoms with van der Waals surface area (Å²) >= 11 is 0. The Hall–Kier alpha value is -13.1. The summed E-state index contributed by atoms with van der Waals surface area (Å²) in [5.74, 6) is 1.69. The first-order valence-electron chi connectivity index (χ1n) is 33.4. The molecule has 3 aromatic heterocycles. The van der Waals surface area contributed by atoms with Crippen molar-refractivity contribution in [3.05, 3.63) is 370 Å². The number of nitrogens with zero attached hydrogens (tertiary/aromatic N) is 5. The molecule has 0 N–H and O–H groups in total. The van der Waals surface area contributed by atoms with Gasteiger partial charge < -0.3 is 9.13 Å². The highest BCUT2D eigenvalue weighted by Gasteiger charge is 2.23. The third-order valence-electron chi connectivity index (χ3n) is 19.2. The predicted molar refractivity (Wildman–Crippen MR) is 408 cm³/mol. The Labute approximate surface area is 568 Å². The molecule has 3 heterocycles. The number of benzene rings is 15. The minimum Gasteiger partial charge on any atom is -0.309 e. The van der Waals surface area contributed by atoms with Crippen LogP contribution < -0.4 is 0 Å². The van der Waals surface area contributed by atoms with Gasteiger partial charge in [-0.2, -0.15) is 0 Å². The molecule has 98 heavy (non-hydrogen) atoms. The molecule has 0 bridgehead atoms. The van der Waals surface area contributed by atoms with Crippen molar-refractivity contribution in [3.8, 4) is 135 Å². The Morgan fingerprint density at radius 3 is 0.776 bits per heavy atom. The molecule has 5 nitrogen and oxygen atoms in total. The van der Waals surface area contributed by atoms with Crippen LogP contribution in [-0.2, 0) is 0 Å². The SMILES string of the molecule is c1ccc(-c2cccc(-c3cccc(-c4ccc(-c5nc(-c6ccccc6)nc(-c6ccc(-c7cccc(-c8cccc(-c9ccccc9)c8)c7)c(-n7c8ccc(-c9ccccc9)cc8c8cc(-c9ccccc9)ccc87)c6)n5)cc4-n4c5ccccc5c5ccccc54)c3)c2)cc1. The molecule has 5 heteroatoms. The van der Waals surface area contributed by atoms with Gasteiger partial charge in [0, 0.05) is 49.4 Å². The molecule has 0 fully saturated rings. The minimum absolute atomic E-state index is 0.555. The van der Waals surface area contributed by atoms with Gasteiger partial charge in [-0.1, -0.05) is 297 Å². The minimum atomic E-state index is 0.555.